The van der Waals surface area contributed by atoms with Crippen LogP contribution in [0.4, 0.5) is 13.2 Å². The molecule has 0 aliphatic rings. The highest BCUT2D eigenvalue weighted by Gasteiger charge is 2.50. The van der Waals surface area contributed by atoms with Crippen LogP contribution in [-0.4, -0.2) is 18.5 Å². The minimum atomic E-state index is -6.09. The minimum absolute atomic E-state index is 0.106. The van der Waals surface area contributed by atoms with Gasteiger partial charge in [0.2, 0.25) is 3.42 Å². The third kappa shape index (κ3) is 8.23. The van der Waals surface area contributed by atoms with E-state index in [1.807, 2.05) is 0 Å². The Morgan fingerprint density at radius 3 is 1.07 bits per heavy atom. The molecule has 8 heteroatoms. The Kier molecular flexibility index (Phi) is 10.4. The van der Waals surface area contributed by atoms with Crippen LogP contribution in [-0.2, 0) is 24.4 Å². The van der Waals surface area contributed by atoms with Gasteiger partial charge in [-0.3, -0.25) is 0 Å². The molecule has 0 aliphatic heterocycles. The first-order valence-corrected chi connectivity index (χ1v) is 16.9. The molecule has 0 bridgehead atoms. The van der Waals surface area contributed by atoms with Gasteiger partial charge in [-0.15, -0.1) is 0 Å². The van der Waals surface area contributed by atoms with Crippen molar-refractivity contribution in [3.8, 4) is 0 Å². The van der Waals surface area contributed by atoms with Crippen molar-refractivity contribution in [1.82, 2.24) is 0 Å². The fraction of sp³-hybridized carbons (Fsp3) is 0.294. The first-order chi connectivity index (χ1) is 19.4. The molecule has 0 spiro atoms. The molecule has 4 aromatic carbocycles. The van der Waals surface area contributed by atoms with E-state index in [1.165, 1.54) is 31.4 Å². The van der Waals surface area contributed by atoms with Crippen molar-refractivity contribution in [3.05, 3.63) is 141 Å². The van der Waals surface area contributed by atoms with Gasteiger partial charge in [0.1, 0.15) is 0 Å². The fourth-order valence-electron chi connectivity index (χ4n) is 4.34. The Hall–Kier alpha value is -2.69. The SMILES string of the molecule is CC(C)(C)c1cc([I+]C(c2ccccc2)(c2ccccc2)c2ccccc2)cc(C(C)(C)C)c1.O=S(=O)([O-])C(F)(F)F. The molecule has 0 aliphatic carbocycles. The van der Waals surface area contributed by atoms with Crippen molar-refractivity contribution in [2.75, 3.05) is 0 Å². The number of hydrogen-bond acceptors (Lipinski definition) is 3. The number of benzene rings is 4. The van der Waals surface area contributed by atoms with E-state index in [2.05, 4.69) is 151 Å². The molecule has 0 heterocycles. The maximum absolute atomic E-state index is 10.7. The summed E-state index contributed by atoms with van der Waals surface area (Å²) >= 11 is -0.492. The summed E-state index contributed by atoms with van der Waals surface area (Å²) in [5, 5.41) is 0. The monoisotopic (exact) mass is 708 g/mol. The van der Waals surface area contributed by atoms with Crippen LogP contribution < -0.4 is 21.2 Å². The molecule has 4 rings (SSSR count). The predicted molar refractivity (Wildman–Crippen MR) is 157 cm³/mol. The molecule has 42 heavy (non-hydrogen) atoms. The second-order valence-electron chi connectivity index (χ2n) is 12.0. The molecular weight excluding hydrogens is 672 g/mol. The van der Waals surface area contributed by atoms with Gasteiger partial charge in [-0.1, -0.05) is 139 Å². The lowest BCUT2D eigenvalue weighted by Crippen LogP contribution is -3.67. The van der Waals surface area contributed by atoms with Crippen LogP contribution in [0.3, 0.4) is 0 Å². The summed E-state index contributed by atoms with van der Waals surface area (Å²) in [6.07, 6.45) is 0. The smallest absolute Gasteiger partial charge is 0.485 e. The zero-order valence-corrected chi connectivity index (χ0v) is 27.5. The summed E-state index contributed by atoms with van der Waals surface area (Å²) < 4.78 is 60.2. The van der Waals surface area contributed by atoms with Crippen LogP contribution in [0.1, 0.15) is 69.4 Å². The molecule has 0 fully saturated rings. The molecule has 0 atom stereocenters. The Morgan fingerprint density at radius 1 is 0.548 bits per heavy atom. The molecule has 0 amide bonds. The lowest BCUT2D eigenvalue weighted by Gasteiger charge is -2.27. The van der Waals surface area contributed by atoms with Gasteiger partial charge in [-0.05, 0) is 34.1 Å². The van der Waals surface area contributed by atoms with Gasteiger partial charge in [0.25, 0.3) is 0 Å². The Labute approximate surface area is 258 Å². The quantitative estimate of drug-likeness (QED) is 0.0895. The van der Waals surface area contributed by atoms with Crippen molar-refractivity contribution >= 4 is 10.1 Å². The van der Waals surface area contributed by atoms with Gasteiger partial charge in [-0.25, -0.2) is 8.42 Å². The van der Waals surface area contributed by atoms with E-state index in [0.29, 0.717) is 0 Å². The number of rotatable bonds is 5. The molecule has 4 aromatic rings. The molecule has 0 unspecified atom stereocenters. The summed E-state index contributed by atoms with van der Waals surface area (Å²) in [6, 6.07) is 40.8. The molecule has 0 aromatic heterocycles. The summed E-state index contributed by atoms with van der Waals surface area (Å²) in [4.78, 5) is 0. The standard InChI is InChI=1S/C33H36I.CHF3O3S/c1-31(2,3)28-22-29(32(4,5)6)24-30(23-28)34-33(25-16-10-7-11-17-25,26-18-12-8-13-19-26)27-20-14-9-15-21-27;2-1(3,4)8(5,6)7/h7-24H,1-6H3;(H,5,6,7)/q+1;/p-1. The van der Waals surface area contributed by atoms with Crippen LogP contribution >= 0.6 is 0 Å². The predicted octanol–water partition coefficient (Wildman–Crippen LogP) is 5.58. The van der Waals surface area contributed by atoms with E-state index in [9.17, 15) is 13.2 Å². The molecule has 0 saturated carbocycles. The number of hydrogen-bond donors (Lipinski definition) is 0. The zero-order chi connectivity index (χ0) is 31.4. The lowest BCUT2D eigenvalue weighted by molar-refractivity contribution is -0.691. The Morgan fingerprint density at radius 2 is 0.833 bits per heavy atom. The minimum Gasteiger partial charge on any atom is -0.741 e. The van der Waals surface area contributed by atoms with Crippen molar-refractivity contribution in [2.24, 2.45) is 0 Å². The second kappa shape index (κ2) is 12.9. The highest BCUT2D eigenvalue weighted by molar-refractivity contribution is 7.86. The summed E-state index contributed by atoms with van der Waals surface area (Å²) in [5.74, 6) is 0. The highest BCUT2D eigenvalue weighted by atomic mass is 127. The van der Waals surface area contributed by atoms with Crippen molar-refractivity contribution in [2.45, 2.75) is 61.3 Å². The van der Waals surface area contributed by atoms with Gasteiger partial charge < -0.3 is 4.55 Å². The van der Waals surface area contributed by atoms with Gasteiger partial charge in [0.05, 0.1) is 0 Å². The second-order valence-corrected chi connectivity index (χ2v) is 16.8. The first kappa shape index (κ1) is 33.8. The summed E-state index contributed by atoms with van der Waals surface area (Å²) in [6.45, 7) is 14.0. The van der Waals surface area contributed by atoms with E-state index in [4.69, 9.17) is 13.0 Å². The highest BCUT2D eigenvalue weighted by Crippen LogP contribution is 2.33. The maximum Gasteiger partial charge on any atom is 0.485 e. The molecule has 224 valence electrons. The molecule has 0 N–H and O–H groups in total. The van der Waals surface area contributed by atoms with E-state index >= 15 is 0 Å². The van der Waals surface area contributed by atoms with Crippen molar-refractivity contribution in [1.29, 1.82) is 0 Å². The van der Waals surface area contributed by atoms with Crippen LogP contribution in [0.5, 0.6) is 0 Å². The van der Waals surface area contributed by atoms with Crippen LogP contribution in [0.15, 0.2) is 109 Å². The number of halogens is 4. The third-order valence-electron chi connectivity index (χ3n) is 6.68. The Bertz CT molecular complexity index is 1430. The third-order valence-corrected chi connectivity index (χ3v) is 11.2. The van der Waals surface area contributed by atoms with Crippen LogP contribution in [0.2, 0.25) is 0 Å². The summed E-state index contributed by atoms with van der Waals surface area (Å²) in [7, 11) is -6.09. The topological polar surface area (TPSA) is 57.2 Å². The average molecular weight is 709 g/mol. The average Bonchev–Trinajstić information content (AvgIpc) is 2.91. The van der Waals surface area contributed by atoms with Crippen LogP contribution in [0, 0.1) is 3.57 Å². The van der Waals surface area contributed by atoms with E-state index in [-0.39, 0.29) is 14.3 Å². The molecule has 0 saturated heterocycles. The largest absolute Gasteiger partial charge is 0.741 e. The van der Waals surface area contributed by atoms with Crippen LogP contribution in [0.25, 0.3) is 0 Å². The molecular formula is C34H36F3IO3S. The first-order valence-electron chi connectivity index (χ1n) is 13.4. The van der Waals surface area contributed by atoms with Gasteiger partial charge in [0, 0.05) is 16.7 Å². The van der Waals surface area contributed by atoms with E-state index < -0.39 is 36.8 Å². The van der Waals surface area contributed by atoms with E-state index in [1.54, 1.807) is 0 Å². The van der Waals surface area contributed by atoms with E-state index in [0.717, 1.165) is 0 Å². The number of alkyl halides is 4. The van der Waals surface area contributed by atoms with Gasteiger partial charge in [0.15, 0.2) is 13.7 Å². The fourth-order valence-corrected chi connectivity index (χ4v) is 8.27. The van der Waals surface area contributed by atoms with Crippen molar-refractivity contribution in [3.63, 3.8) is 0 Å². The summed E-state index contributed by atoms with van der Waals surface area (Å²) in [5.41, 5.74) is 1.54. The molecule has 3 nitrogen and oxygen atoms in total. The van der Waals surface area contributed by atoms with Gasteiger partial charge in [-0.2, -0.15) is 13.2 Å². The molecule has 0 radical (unpaired) electrons. The maximum atomic E-state index is 10.7. The van der Waals surface area contributed by atoms with Gasteiger partial charge >= 0.3 is 26.7 Å². The zero-order valence-electron chi connectivity index (χ0n) is 24.5. The van der Waals surface area contributed by atoms with Crippen molar-refractivity contribution < 1.29 is 47.3 Å². The lowest BCUT2D eigenvalue weighted by atomic mass is 9.81. The Balaban J connectivity index is 0.000000531. The normalized spacial score (nSPS) is 12.8.